The zero-order valence-electron chi connectivity index (χ0n) is 13.7. The Hall–Kier alpha value is -2.04. The number of rotatable bonds is 5. The van der Waals surface area contributed by atoms with Gasteiger partial charge in [0.2, 0.25) is 5.91 Å². The van der Waals surface area contributed by atoms with Gasteiger partial charge in [-0.2, -0.15) is 0 Å². The van der Waals surface area contributed by atoms with Crippen LogP contribution >= 0.6 is 12.4 Å². The fraction of sp³-hybridized carbons (Fsp3) is 0.278. The molecule has 23 heavy (non-hydrogen) atoms. The van der Waals surface area contributed by atoms with E-state index < -0.39 is 5.54 Å². The molecule has 4 nitrogen and oxygen atoms in total. The number of carbonyl (C=O) groups is 1. The van der Waals surface area contributed by atoms with E-state index in [1.807, 2.05) is 54.6 Å². The summed E-state index contributed by atoms with van der Waals surface area (Å²) in [6.07, 6.45) is 0. The number of benzene rings is 2. The van der Waals surface area contributed by atoms with E-state index >= 15 is 0 Å². The zero-order chi connectivity index (χ0) is 16.2. The average molecular weight is 335 g/mol. The second-order valence-corrected chi connectivity index (χ2v) is 5.54. The number of amides is 1. The molecule has 0 aliphatic heterocycles. The maximum atomic E-state index is 12.7. The Morgan fingerprint density at radius 2 is 1.70 bits per heavy atom. The van der Waals surface area contributed by atoms with E-state index in [-0.39, 0.29) is 18.3 Å². The molecule has 0 bridgehead atoms. The van der Waals surface area contributed by atoms with E-state index in [2.05, 4.69) is 0 Å². The highest BCUT2D eigenvalue weighted by Gasteiger charge is 2.33. The lowest BCUT2D eigenvalue weighted by Gasteiger charge is -2.30. The fourth-order valence-corrected chi connectivity index (χ4v) is 2.47. The predicted molar refractivity (Wildman–Crippen MR) is 94.7 cm³/mol. The number of hydrogen-bond acceptors (Lipinski definition) is 3. The van der Waals surface area contributed by atoms with E-state index in [0.717, 1.165) is 16.9 Å². The first-order chi connectivity index (χ1) is 10.5. The maximum Gasteiger partial charge on any atom is 0.247 e. The molecule has 0 fully saturated rings. The normalized spacial score (nSPS) is 12.7. The van der Waals surface area contributed by atoms with Crippen LogP contribution in [0.4, 0.5) is 0 Å². The van der Waals surface area contributed by atoms with Crippen molar-refractivity contribution >= 4 is 18.3 Å². The molecule has 0 aromatic heterocycles. The number of carbonyl (C=O) groups excluding carboxylic acids is 1. The lowest BCUT2D eigenvalue weighted by atomic mass is 9.91. The van der Waals surface area contributed by atoms with E-state index in [1.165, 1.54) is 0 Å². The van der Waals surface area contributed by atoms with Crippen molar-refractivity contribution in [3.05, 3.63) is 65.7 Å². The molecule has 2 N–H and O–H groups in total. The van der Waals surface area contributed by atoms with E-state index in [9.17, 15) is 4.79 Å². The standard InChI is InChI=1S/C18H22N2O2.ClH/c1-18(19,15-10-5-4-6-11-15)17(21)20(2)13-14-9-7-8-12-16(14)22-3;/h4-12H,13,19H2,1-3H3;1H. The van der Waals surface area contributed by atoms with Crippen LogP contribution in [-0.2, 0) is 16.9 Å². The first kappa shape index (κ1) is 19.0. The number of ether oxygens (including phenoxy) is 1. The van der Waals surface area contributed by atoms with Crippen molar-refractivity contribution in [1.82, 2.24) is 4.90 Å². The quantitative estimate of drug-likeness (QED) is 0.914. The molecule has 2 aromatic rings. The molecule has 0 aliphatic rings. The highest BCUT2D eigenvalue weighted by Crippen LogP contribution is 2.23. The molecular formula is C18H23ClN2O2. The molecule has 5 heteroatoms. The Kier molecular flexibility index (Phi) is 6.61. The van der Waals surface area contributed by atoms with Gasteiger partial charge in [-0.25, -0.2) is 0 Å². The van der Waals surface area contributed by atoms with E-state index in [1.54, 1.807) is 26.0 Å². The third-order valence-corrected chi connectivity index (χ3v) is 3.76. The minimum atomic E-state index is -1.06. The molecule has 0 heterocycles. The minimum Gasteiger partial charge on any atom is -0.496 e. The highest BCUT2D eigenvalue weighted by molar-refractivity contribution is 5.87. The summed E-state index contributed by atoms with van der Waals surface area (Å²) >= 11 is 0. The number of nitrogens with zero attached hydrogens (tertiary/aromatic N) is 1. The van der Waals surface area contributed by atoms with Crippen LogP contribution in [0.5, 0.6) is 5.75 Å². The number of hydrogen-bond donors (Lipinski definition) is 1. The number of nitrogens with two attached hydrogens (primary N) is 1. The number of methoxy groups -OCH3 is 1. The molecule has 0 saturated carbocycles. The molecule has 1 amide bonds. The molecule has 124 valence electrons. The molecule has 0 aliphatic carbocycles. The van der Waals surface area contributed by atoms with Crippen LogP contribution in [0.3, 0.4) is 0 Å². The summed E-state index contributed by atoms with van der Waals surface area (Å²) in [5.41, 5.74) is 6.97. The summed E-state index contributed by atoms with van der Waals surface area (Å²) in [5, 5.41) is 0. The summed E-state index contributed by atoms with van der Waals surface area (Å²) in [4.78, 5) is 14.4. The molecule has 0 saturated heterocycles. The van der Waals surface area contributed by atoms with E-state index in [4.69, 9.17) is 10.5 Å². The van der Waals surface area contributed by atoms with Gasteiger partial charge >= 0.3 is 0 Å². The van der Waals surface area contributed by atoms with Crippen molar-refractivity contribution < 1.29 is 9.53 Å². The largest absolute Gasteiger partial charge is 0.496 e. The lowest BCUT2D eigenvalue weighted by Crippen LogP contribution is -2.49. The number of likely N-dealkylation sites (N-methyl/N-ethyl adjacent to an activating group) is 1. The second kappa shape index (κ2) is 7.99. The van der Waals surface area contributed by atoms with Gasteiger partial charge in [0.25, 0.3) is 0 Å². The van der Waals surface area contributed by atoms with Gasteiger partial charge in [-0.3, -0.25) is 4.79 Å². The molecule has 2 aromatic carbocycles. The first-order valence-electron chi connectivity index (χ1n) is 7.18. The van der Waals surface area contributed by atoms with Crippen molar-refractivity contribution in [3.8, 4) is 5.75 Å². The van der Waals surface area contributed by atoms with Crippen molar-refractivity contribution in [2.45, 2.75) is 19.0 Å². The van der Waals surface area contributed by atoms with Gasteiger partial charge in [0.1, 0.15) is 11.3 Å². The third kappa shape index (κ3) is 4.24. The van der Waals surface area contributed by atoms with Crippen LogP contribution in [0.25, 0.3) is 0 Å². The maximum absolute atomic E-state index is 12.7. The molecule has 1 unspecified atom stereocenters. The molecular weight excluding hydrogens is 312 g/mol. The van der Waals surface area contributed by atoms with Gasteiger partial charge in [0.15, 0.2) is 0 Å². The Balaban J connectivity index is 0.00000264. The highest BCUT2D eigenvalue weighted by atomic mass is 35.5. The Morgan fingerprint density at radius 1 is 1.13 bits per heavy atom. The van der Waals surface area contributed by atoms with Crippen molar-refractivity contribution in [2.24, 2.45) is 5.73 Å². The Bertz CT molecular complexity index is 644. The summed E-state index contributed by atoms with van der Waals surface area (Å²) in [5.74, 6) is 0.630. The molecule has 0 spiro atoms. The van der Waals surface area contributed by atoms with Crippen LogP contribution in [0.2, 0.25) is 0 Å². The smallest absolute Gasteiger partial charge is 0.247 e. The van der Waals surface area contributed by atoms with Crippen molar-refractivity contribution in [3.63, 3.8) is 0 Å². The average Bonchev–Trinajstić information content (AvgIpc) is 2.55. The van der Waals surface area contributed by atoms with Gasteiger partial charge in [-0.1, -0.05) is 48.5 Å². The zero-order valence-corrected chi connectivity index (χ0v) is 14.5. The van der Waals surface area contributed by atoms with Crippen LogP contribution in [0.15, 0.2) is 54.6 Å². The van der Waals surface area contributed by atoms with Gasteiger partial charge < -0.3 is 15.4 Å². The van der Waals surface area contributed by atoms with Crippen LogP contribution in [-0.4, -0.2) is 25.0 Å². The lowest BCUT2D eigenvalue weighted by molar-refractivity contribution is -0.136. The second-order valence-electron chi connectivity index (χ2n) is 5.54. The predicted octanol–water partition coefficient (Wildman–Crippen LogP) is 2.95. The van der Waals surface area contributed by atoms with Gasteiger partial charge in [-0.05, 0) is 18.6 Å². The van der Waals surface area contributed by atoms with Crippen LogP contribution in [0.1, 0.15) is 18.1 Å². The number of halogens is 1. The van der Waals surface area contributed by atoms with Gasteiger partial charge in [0, 0.05) is 19.2 Å². The van der Waals surface area contributed by atoms with Crippen molar-refractivity contribution in [1.29, 1.82) is 0 Å². The van der Waals surface area contributed by atoms with Crippen LogP contribution < -0.4 is 10.5 Å². The Labute approximate surface area is 143 Å². The minimum absolute atomic E-state index is 0. The molecule has 2 rings (SSSR count). The topological polar surface area (TPSA) is 55.6 Å². The van der Waals surface area contributed by atoms with E-state index in [0.29, 0.717) is 6.54 Å². The summed E-state index contributed by atoms with van der Waals surface area (Å²) in [6.45, 7) is 2.19. The third-order valence-electron chi connectivity index (χ3n) is 3.76. The SMILES string of the molecule is COc1ccccc1CN(C)C(=O)C(C)(N)c1ccccc1.Cl. The molecule has 1 atom stereocenters. The van der Waals surface area contributed by atoms with Gasteiger partial charge in [0.05, 0.1) is 7.11 Å². The van der Waals surface area contributed by atoms with Crippen molar-refractivity contribution in [2.75, 3.05) is 14.2 Å². The number of para-hydroxylation sites is 1. The summed E-state index contributed by atoms with van der Waals surface area (Å²) in [7, 11) is 3.38. The summed E-state index contributed by atoms with van der Waals surface area (Å²) < 4.78 is 5.33. The van der Waals surface area contributed by atoms with Crippen LogP contribution in [0, 0.1) is 0 Å². The monoisotopic (exact) mass is 334 g/mol. The van der Waals surface area contributed by atoms with Gasteiger partial charge in [-0.15, -0.1) is 12.4 Å². The fourth-order valence-electron chi connectivity index (χ4n) is 2.47. The molecule has 0 radical (unpaired) electrons. The Morgan fingerprint density at radius 3 is 2.30 bits per heavy atom. The summed E-state index contributed by atoms with van der Waals surface area (Å²) in [6, 6.07) is 17.1. The first-order valence-corrected chi connectivity index (χ1v) is 7.18.